The number of benzene rings is 2. The van der Waals surface area contributed by atoms with Gasteiger partial charge in [0.05, 0.1) is 5.52 Å². The highest BCUT2D eigenvalue weighted by Gasteiger charge is 2.27. The van der Waals surface area contributed by atoms with Gasteiger partial charge in [-0.2, -0.15) is 0 Å². The molecule has 2 aromatic carbocycles. The monoisotopic (exact) mass is 380 g/mol. The molecule has 0 aliphatic carbocycles. The van der Waals surface area contributed by atoms with Crippen LogP contribution in [0.15, 0.2) is 57.7 Å². The van der Waals surface area contributed by atoms with Crippen molar-refractivity contribution in [3.8, 4) is 0 Å². The summed E-state index contributed by atoms with van der Waals surface area (Å²) in [6.45, 7) is 1.04. The second-order valence-corrected chi connectivity index (χ2v) is 6.77. The molecule has 1 saturated heterocycles. The normalized spacial score (nSPS) is 14.8. The number of piperidine rings is 1. The average Bonchev–Trinajstić information content (AvgIpc) is 3.08. The van der Waals surface area contributed by atoms with Crippen LogP contribution >= 0.6 is 0 Å². The number of carbonyl (C=O) groups excluding carboxylic acids is 2. The number of H-pyrrole nitrogens is 1. The molecule has 1 fully saturated rings. The molecule has 8 nitrogen and oxygen atoms in total. The van der Waals surface area contributed by atoms with E-state index in [0.29, 0.717) is 42.7 Å². The van der Waals surface area contributed by atoms with E-state index in [9.17, 15) is 14.4 Å². The Morgan fingerprint density at radius 2 is 1.75 bits per heavy atom. The summed E-state index contributed by atoms with van der Waals surface area (Å²) in [7, 11) is 0. The van der Waals surface area contributed by atoms with Crippen LogP contribution in [0.3, 0.4) is 0 Å². The quantitative estimate of drug-likeness (QED) is 0.649. The fourth-order valence-corrected chi connectivity index (χ4v) is 3.34. The van der Waals surface area contributed by atoms with Gasteiger partial charge in [0.2, 0.25) is 5.91 Å². The van der Waals surface area contributed by atoms with Crippen molar-refractivity contribution >= 4 is 34.4 Å². The summed E-state index contributed by atoms with van der Waals surface area (Å²) in [5.41, 5.74) is 2.33. The molecule has 1 aliphatic rings. The summed E-state index contributed by atoms with van der Waals surface area (Å²) in [6.07, 6.45) is 1.19. The van der Waals surface area contributed by atoms with Gasteiger partial charge in [-0.15, -0.1) is 0 Å². The first-order valence-electron chi connectivity index (χ1n) is 9.13. The minimum absolute atomic E-state index is 0.0895. The molecule has 0 bridgehead atoms. The van der Waals surface area contributed by atoms with Crippen LogP contribution in [0.5, 0.6) is 0 Å². The minimum atomic E-state index is -0.528. The zero-order valence-electron chi connectivity index (χ0n) is 15.1. The van der Waals surface area contributed by atoms with Gasteiger partial charge in [-0.25, -0.2) is 9.59 Å². The predicted octanol–water partition coefficient (Wildman–Crippen LogP) is 3.00. The second-order valence-electron chi connectivity index (χ2n) is 6.77. The molecule has 0 saturated carbocycles. The molecule has 8 heteroatoms. The van der Waals surface area contributed by atoms with Crippen molar-refractivity contribution in [3.05, 3.63) is 59.1 Å². The number of urea groups is 1. The fourth-order valence-electron chi connectivity index (χ4n) is 3.34. The minimum Gasteiger partial charge on any atom is -0.408 e. The lowest BCUT2D eigenvalue weighted by molar-refractivity contribution is -0.121. The van der Waals surface area contributed by atoms with E-state index in [2.05, 4.69) is 15.6 Å². The van der Waals surface area contributed by atoms with Crippen molar-refractivity contribution in [2.45, 2.75) is 12.8 Å². The summed E-state index contributed by atoms with van der Waals surface area (Å²) >= 11 is 0. The number of hydrogen-bond donors (Lipinski definition) is 3. The zero-order valence-corrected chi connectivity index (χ0v) is 15.1. The largest absolute Gasteiger partial charge is 0.417 e. The van der Waals surface area contributed by atoms with Crippen LogP contribution in [0.25, 0.3) is 11.1 Å². The van der Waals surface area contributed by atoms with Gasteiger partial charge in [-0.3, -0.25) is 9.78 Å². The van der Waals surface area contributed by atoms with E-state index in [-0.39, 0.29) is 17.9 Å². The number of nitrogens with zero attached hydrogens (tertiary/aromatic N) is 1. The SMILES string of the molecule is O=C(Nc1ccc2oc(=O)[nH]c2c1)C1CCN(C(=O)Nc2ccccc2)CC1. The smallest absolute Gasteiger partial charge is 0.408 e. The maximum atomic E-state index is 12.6. The lowest BCUT2D eigenvalue weighted by Crippen LogP contribution is -2.43. The maximum absolute atomic E-state index is 12.6. The molecule has 3 aromatic rings. The standard InChI is InChI=1S/C20H20N4O4/c25-18(21-15-6-7-17-16(12-15)23-20(27)28-17)13-8-10-24(11-9-13)19(26)22-14-4-2-1-3-5-14/h1-7,12-13H,8-11H2,(H,21,25)(H,22,26)(H,23,27). The third-order valence-corrected chi connectivity index (χ3v) is 4.86. The molecular weight excluding hydrogens is 360 g/mol. The van der Waals surface area contributed by atoms with Gasteiger partial charge in [0.1, 0.15) is 0 Å². The second kappa shape index (κ2) is 7.59. The highest BCUT2D eigenvalue weighted by atomic mass is 16.4. The van der Waals surface area contributed by atoms with Crippen LogP contribution in [0.4, 0.5) is 16.2 Å². The molecule has 3 amide bonds. The number of para-hydroxylation sites is 1. The third-order valence-electron chi connectivity index (χ3n) is 4.86. The number of oxazole rings is 1. The van der Waals surface area contributed by atoms with Crippen molar-refractivity contribution < 1.29 is 14.0 Å². The summed E-state index contributed by atoms with van der Waals surface area (Å²) in [5, 5.41) is 5.74. The molecule has 28 heavy (non-hydrogen) atoms. The Labute approximate surface area is 160 Å². The Balaban J connectivity index is 1.31. The molecule has 0 radical (unpaired) electrons. The van der Waals surface area contributed by atoms with Gasteiger partial charge >= 0.3 is 11.8 Å². The van der Waals surface area contributed by atoms with E-state index in [1.54, 1.807) is 23.1 Å². The van der Waals surface area contributed by atoms with E-state index >= 15 is 0 Å². The Bertz CT molecular complexity index is 1050. The molecule has 1 aliphatic heterocycles. The Kier molecular flexibility index (Phi) is 4.84. The number of amides is 3. The van der Waals surface area contributed by atoms with Crippen LogP contribution in [-0.4, -0.2) is 34.9 Å². The number of aromatic amines is 1. The first-order valence-corrected chi connectivity index (χ1v) is 9.13. The third kappa shape index (κ3) is 3.90. The van der Waals surface area contributed by atoms with Crippen LogP contribution < -0.4 is 16.4 Å². The average molecular weight is 380 g/mol. The van der Waals surface area contributed by atoms with E-state index < -0.39 is 5.76 Å². The molecule has 2 heterocycles. The number of rotatable bonds is 3. The van der Waals surface area contributed by atoms with Crippen molar-refractivity contribution in [1.29, 1.82) is 0 Å². The number of carbonyl (C=O) groups is 2. The van der Waals surface area contributed by atoms with Crippen LogP contribution in [0.1, 0.15) is 12.8 Å². The molecule has 3 N–H and O–H groups in total. The summed E-state index contributed by atoms with van der Waals surface area (Å²) in [6, 6.07) is 14.1. The van der Waals surface area contributed by atoms with Crippen molar-refractivity contribution in [1.82, 2.24) is 9.88 Å². The van der Waals surface area contributed by atoms with E-state index in [1.165, 1.54) is 0 Å². The number of anilines is 2. The number of likely N-dealkylation sites (tertiary alicyclic amines) is 1. The number of nitrogens with one attached hydrogen (secondary N) is 3. The number of fused-ring (bicyclic) bond motifs is 1. The van der Waals surface area contributed by atoms with E-state index in [4.69, 9.17) is 4.42 Å². The fraction of sp³-hybridized carbons (Fsp3) is 0.250. The Morgan fingerprint density at radius 1 is 1.00 bits per heavy atom. The summed E-state index contributed by atoms with van der Waals surface area (Å²) < 4.78 is 4.95. The van der Waals surface area contributed by atoms with Gasteiger partial charge in [0.15, 0.2) is 5.58 Å². The molecule has 0 unspecified atom stereocenters. The highest BCUT2D eigenvalue weighted by molar-refractivity contribution is 5.94. The lowest BCUT2D eigenvalue weighted by Gasteiger charge is -2.31. The van der Waals surface area contributed by atoms with Gasteiger partial charge in [0, 0.05) is 30.4 Å². The van der Waals surface area contributed by atoms with Gasteiger partial charge in [0.25, 0.3) is 0 Å². The summed E-state index contributed by atoms with van der Waals surface area (Å²) in [4.78, 5) is 40.4. The maximum Gasteiger partial charge on any atom is 0.417 e. The van der Waals surface area contributed by atoms with Gasteiger partial charge in [-0.05, 0) is 43.2 Å². The van der Waals surface area contributed by atoms with Crippen molar-refractivity contribution in [2.75, 3.05) is 23.7 Å². The van der Waals surface area contributed by atoms with E-state index in [1.807, 2.05) is 30.3 Å². The molecule has 4 rings (SSSR count). The lowest BCUT2D eigenvalue weighted by atomic mass is 9.96. The number of aromatic nitrogens is 1. The van der Waals surface area contributed by atoms with Crippen LogP contribution in [-0.2, 0) is 4.79 Å². The van der Waals surface area contributed by atoms with Gasteiger partial charge in [-0.1, -0.05) is 18.2 Å². The predicted molar refractivity (Wildman–Crippen MR) is 105 cm³/mol. The topological polar surface area (TPSA) is 107 Å². The first kappa shape index (κ1) is 17.8. The van der Waals surface area contributed by atoms with Gasteiger partial charge < -0.3 is 20.0 Å². The Hall–Kier alpha value is -3.55. The summed E-state index contributed by atoms with van der Waals surface area (Å²) in [5.74, 6) is -0.784. The van der Waals surface area contributed by atoms with Crippen molar-refractivity contribution in [2.24, 2.45) is 5.92 Å². The molecule has 144 valence electrons. The molecule has 1 aromatic heterocycles. The first-order chi connectivity index (χ1) is 13.6. The zero-order chi connectivity index (χ0) is 19.5. The highest BCUT2D eigenvalue weighted by Crippen LogP contribution is 2.22. The van der Waals surface area contributed by atoms with Crippen molar-refractivity contribution in [3.63, 3.8) is 0 Å². The molecule has 0 spiro atoms. The molecule has 0 atom stereocenters. The van der Waals surface area contributed by atoms with Crippen LogP contribution in [0.2, 0.25) is 0 Å². The number of hydrogen-bond acceptors (Lipinski definition) is 4. The van der Waals surface area contributed by atoms with E-state index in [0.717, 1.165) is 5.69 Å². The molecular formula is C20H20N4O4. The van der Waals surface area contributed by atoms with Crippen LogP contribution in [0, 0.1) is 5.92 Å². The Morgan fingerprint density at radius 3 is 2.50 bits per heavy atom.